The third-order valence-electron chi connectivity index (χ3n) is 2.98. The standard InChI is InChI=1S/C15H16BrCl2N3/c1-3-19-14-12(17)8-13(18)15(21-14)20-9(2)10-5-4-6-11(16)7-10/h4-9H,3H2,1-2H3,(H2,19,20,21). The summed E-state index contributed by atoms with van der Waals surface area (Å²) in [5.41, 5.74) is 1.14. The van der Waals surface area contributed by atoms with Crippen molar-refractivity contribution in [2.24, 2.45) is 0 Å². The Morgan fingerprint density at radius 2 is 1.90 bits per heavy atom. The number of rotatable bonds is 5. The van der Waals surface area contributed by atoms with Gasteiger partial charge in [-0.05, 0) is 37.6 Å². The molecule has 2 aromatic rings. The predicted molar refractivity (Wildman–Crippen MR) is 94.6 cm³/mol. The SMILES string of the molecule is CCNc1nc(NC(C)c2cccc(Br)c2)c(Cl)cc1Cl. The summed E-state index contributed by atoms with van der Waals surface area (Å²) in [4.78, 5) is 4.45. The second kappa shape index (κ2) is 7.34. The second-order valence-corrected chi connectivity index (χ2v) is 6.33. The van der Waals surface area contributed by atoms with Gasteiger partial charge in [0.15, 0.2) is 0 Å². The average Bonchev–Trinajstić information content (AvgIpc) is 2.44. The number of pyridine rings is 1. The minimum Gasteiger partial charge on any atom is -0.369 e. The van der Waals surface area contributed by atoms with E-state index in [-0.39, 0.29) is 6.04 Å². The highest BCUT2D eigenvalue weighted by Crippen LogP contribution is 2.31. The van der Waals surface area contributed by atoms with Gasteiger partial charge in [-0.2, -0.15) is 0 Å². The molecule has 1 aromatic heterocycles. The molecule has 2 N–H and O–H groups in total. The summed E-state index contributed by atoms with van der Waals surface area (Å²) in [6.45, 7) is 4.79. The Bertz CT molecular complexity index is 634. The minimum absolute atomic E-state index is 0.0724. The van der Waals surface area contributed by atoms with Gasteiger partial charge in [-0.1, -0.05) is 51.3 Å². The number of nitrogens with one attached hydrogen (secondary N) is 2. The molecule has 112 valence electrons. The first-order chi connectivity index (χ1) is 10.0. The van der Waals surface area contributed by atoms with Crippen LogP contribution in [0.4, 0.5) is 11.6 Å². The van der Waals surface area contributed by atoms with Gasteiger partial charge in [0.2, 0.25) is 0 Å². The predicted octanol–water partition coefficient (Wildman–Crippen LogP) is 5.76. The zero-order valence-electron chi connectivity index (χ0n) is 11.8. The lowest BCUT2D eigenvalue weighted by atomic mass is 10.1. The quantitative estimate of drug-likeness (QED) is 0.683. The van der Waals surface area contributed by atoms with Gasteiger partial charge in [-0.25, -0.2) is 4.98 Å². The van der Waals surface area contributed by atoms with Gasteiger partial charge < -0.3 is 10.6 Å². The number of anilines is 2. The molecule has 0 fully saturated rings. The first kappa shape index (κ1) is 16.4. The molecule has 0 radical (unpaired) electrons. The third-order valence-corrected chi connectivity index (χ3v) is 4.05. The molecule has 1 heterocycles. The molecule has 3 nitrogen and oxygen atoms in total. The zero-order chi connectivity index (χ0) is 15.4. The maximum absolute atomic E-state index is 6.22. The van der Waals surface area contributed by atoms with E-state index in [4.69, 9.17) is 23.2 Å². The van der Waals surface area contributed by atoms with Crippen molar-refractivity contribution in [1.82, 2.24) is 4.98 Å². The third kappa shape index (κ3) is 4.25. The molecule has 0 saturated heterocycles. The highest BCUT2D eigenvalue weighted by molar-refractivity contribution is 9.10. The molecule has 21 heavy (non-hydrogen) atoms. The van der Waals surface area contributed by atoms with E-state index >= 15 is 0 Å². The van der Waals surface area contributed by atoms with Gasteiger partial charge in [-0.15, -0.1) is 0 Å². The van der Waals surface area contributed by atoms with Gasteiger partial charge in [0.25, 0.3) is 0 Å². The van der Waals surface area contributed by atoms with Crippen molar-refractivity contribution in [3.63, 3.8) is 0 Å². The Hall–Kier alpha value is -0.970. The fraction of sp³-hybridized carbons (Fsp3) is 0.267. The molecule has 0 amide bonds. The van der Waals surface area contributed by atoms with Crippen LogP contribution < -0.4 is 10.6 Å². The van der Waals surface area contributed by atoms with Gasteiger partial charge in [0, 0.05) is 11.0 Å². The minimum atomic E-state index is 0.0724. The average molecular weight is 389 g/mol. The number of hydrogen-bond donors (Lipinski definition) is 2. The lowest BCUT2D eigenvalue weighted by Crippen LogP contribution is -2.10. The Morgan fingerprint density at radius 3 is 2.57 bits per heavy atom. The van der Waals surface area contributed by atoms with E-state index in [1.54, 1.807) is 6.07 Å². The zero-order valence-corrected chi connectivity index (χ0v) is 14.9. The molecule has 1 aromatic carbocycles. The highest BCUT2D eigenvalue weighted by atomic mass is 79.9. The number of hydrogen-bond acceptors (Lipinski definition) is 3. The molecular formula is C15H16BrCl2N3. The van der Waals surface area contributed by atoms with E-state index in [0.717, 1.165) is 16.6 Å². The Kier molecular flexibility index (Phi) is 5.73. The van der Waals surface area contributed by atoms with E-state index in [9.17, 15) is 0 Å². The van der Waals surface area contributed by atoms with Crippen molar-refractivity contribution in [3.8, 4) is 0 Å². The smallest absolute Gasteiger partial charge is 0.147 e. The molecule has 1 unspecified atom stereocenters. The number of nitrogens with zero attached hydrogens (tertiary/aromatic N) is 1. The van der Waals surface area contributed by atoms with Crippen LogP contribution in [0.3, 0.4) is 0 Å². The van der Waals surface area contributed by atoms with Crippen LogP contribution in [-0.4, -0.2) is 11.5 Å². The first-order valence-electron chi connectivity index (χ1n) is 6.63. The van der Waals surface area contributed by atoms with Gasteiger partial charge in [-0.3, -0.25) is 0 Å². The highest BCUT2D eigenvalue weighted by Gasteiger charge is 2.12. The molecule has 0 bridgehead atoms. The van der Waals surface area contributed by atoms with Crippen LogP contribution in [0.5, 0.6) is 0 Å². The Balaban J connectivity index is 2.24. The van der Waals surface area contributed by atoms with E-state index in [1.165, 1.54) is 0 Å². The number of aromatic nitrogens is 1. The molecule has 0 aliphatic rings. The van der Waals surface area contributed by atoms with Crippen LogP contribution in [0.2, 0.25) is 10.0 Å². The lowest BCUT2D eigenvalue weighted by Gasteiger charge is -2.17. The fourth-order valence-electron chi connectivity index (χ4n) is 1.92. The largest absolute Gasteiger partial charge is 0.369 e. The second-order valence-electron chi connectivity index (χ2n) is 4.60. The van der Waals surface area contributed by atoms with E-state index < -0.39 is 0 Å². The van der Waals surface area contributed by atoms with Crippen LogP contribution in [0, 0.1) is 0 Å². The molecule has 2 rings (SSSR count). The van der Waals surface area contributed by atoms with E-state index in [0.29, 0.717) is 21.7 Å². The fourth-order valence-corrected chi connectivity index (χ4v) is 2.82. The number of halogens is 3. The molecule has 0 saturated carbocycles. The van der Waals surface area contributed by atoms with Crippen molar-refractivity contribution < 1.29 is 0 Å². The van der Waals surface area contributed by atoms with Gasteiger partial charge in [0.1, 0.15) is 11.6 Å². The molecule has 0 aliphatic carbocycles. The maximum atomic E-state index is 6.22. The molecular weight excluding hydrogens is 373 g/mol. The Morgan fingerprint density at radius 1 is 1.19 bits per heavy atom. The first-order valence-corrected chi connectivity index (χ1v) is 8.18. The van der Waals surface area contributed by atoms with Crippen molar-refractivity contribution in [1.29, 1.82) is 0 Å². The normalized spacial score (nSPS) is 12.0. The van der Waals surface area contributed by atoms with E-state index in [1.807, 2.05) is 19.1 Å². The monoisotopic (exact) mass is 387 g/mol. The van der Waals surface area contributed by atoms with Crippen molar-refractivity contribution >= 4 is 50.8 Å². The summed E-state index contributed by atoms with van der Waals surface area (Å²) < 4.78 is 1.04. The topological polar surface area (TPSA) is 37.0 Å². The number of benzene rings is 1. The molecule has 0 aliphatic heterocycles. The maximum Gasteiger partial charge on any atom is 0.147 e. The van der Waals surface area contributed by atoms with Crippen molar-refractivity contribution in [2.45, 2.75) is 19.9 Å². The summed E-state index contributed by atoms with van der Waals surface area (Å²) in [6.07, 6.45) is 0. The Labute approximate surface area is 143 Å². The summed E-state index contributed by atoms with van der Waals surface area (Å²) in [7, 11) is 0. The molecule has 1 atom stereocenters. The van der Waals surface area contributed by atoms with Crippen LogP contribution in [-0.2, 0) is 0 Å². The van der Waals surface area contributed by atoms with E-state index in [2.05, 4.69) is 50.6 Å². The summed E-state index contributed by atoms with van der Waals surface area (Å²) >= 11 is 15.8. The summed E-state index contributed by atoms with van der Waals surface area (Å²) in [6, 6.07) is 9.88. The van der Waals surface area contributed by atoms with Crippen LogP contribution in [0.15, 0.2) is 34.8 Å². The summed E-state index contributed by atoms with van der Waals surface area (Å²) in [5.74, 6) is 1.25. The van der Waals surface area contributed by atoms with Crippen molar-refractivity contribution in [3.05, 3.63) is 50.4 Å². The lowest BCUT2D eigenvalue weighted by molar-refractivity contribution is 0.874. The van der Waals surface area contributed by atoms with Crippen molar-refractivity contribution in [2.75, 3.05) is 17.2 Å². The van der Waals surface area contributed by atoms with Crippen LogP contribution in [0.25, 0.3) is 0 Å². The van der Waals surface area contributed by atoms with Gasteiger partial charge in [0.05, 0.1) is 16.1 Å². The van der Waals surface area contributed by atoms with Crippen LogP contribution in [0.1, 0.15) is 25.5 Å². The molecule has 6 heteroatoms. The van der Waals surface area contributed by atoms with Crippen LogP contribution >= 0.6 is 39.1 Å². The summed E-state index contributed by atoms with van der Waals surface area (Å²) in [5, 5.41) is 7.45. The molecule has 0 spiro atoms. The van der Waals surface area contributed by atoms with Gasteiger partial charge >= 0.3 is 0 Å².